The average molecular weight is 257 g/mol. The molecular formula is C10H6Cl2N2O2. The number of fused-ring (bicyclic) bond motifs is 1. The van der Waals surface area contributed by atoms with Crippen LogP contribution in [-0.2, 0) is 0 Å². The lowest BCUT2D eigenvalue weighted by atomic mass is 10.1. The maximum atomic E-state index is 10.7. The maximum absolute atomic E-state index is 10.7. The van der Waals surface area contributed by atoms with Gasteiger partial charge < -0.3 is 0 Å². The first-order valence-electron chi connectivity index (χ1n) is 4.40. The normalized spacial score (nSPS) is 10.7. The molecule has 0 atom stereocenters. The first-order chi connectivity index (χ1) is 7.52. The van der Waals surface area contributed by atoms with Crippen LogP contribution in [0.2, 0.25) is 10.0 Å². The molecule has 4 nitrogen and oxygen atoms in total. The summed E-state index contributed by atoms with van der Waals surface area (Å²) in [6.07, 6.45) is 1.12. The molecule has 0 aliphatic rings. The van der Waals surface area contributed by atoms with Crippen LogP contribution in [0.3, 0.4) is 0 Å². The number of aromatic nitrogens is 1. The van der Waals surface area contributed by atoms with E-state index in [-0.39, 0.29) is 10.7 Å². The summed E-state index contributed by atoms with van der Waals surface area (Å²) in [5.41, 5.74) is 1.08. The van der Waals surface area contributed by atoms with Crippen LogP contribution in [-0.4, -0.2) is 9.91 Å². The first kappa shape index (κ1) is 11.1. The van der Waals surface area contributed by atoms with Crippen LogP contribution in [0, 0.1) is 17.0 Å². The number of hydrogen-bond donors (Lipinski definition) is 0. The monoisotopic (exact) mass is 256 g/mol. The molecule has 2 rings (SSSR count). The number of nitrogens with zero attached hydrogens (tertiary/aromatic N) is 2. The number of nitro groups is 1. The molecule has 2 aromatic rings. The lowest BCUT2D eigenvalue weighted by molar-refractivity contribution is -0.384. The molecule has 0 fully saturated rings. The van der Waals surface area contributed by atoms with Gasteiger partial charge in [0.15, 0.2) is 0 Å². The topological polar surface area (TPSA) is 56.0 Å². The van der Waals surface area contributed by atoms with Gasteiger partial charge in [-0.1, -0.05) is 29.3 Å². The van der Waals surface area contributed by atoms with Crippen LogP contribution in [0.4, 0.5) is 5.69 Å². The molecule has 0 spiro atoms. The molecule has 1 heterocycles. The Kier molecular flexibility index (Phi) is 2.69. The van der Waals surface area contributed by atoms with E-state index in [1.165, 1.54) is 0 Å². The quantitative estimate of drug-likeness (QED) is 0.577. The molecule has 1 aromatic carbocycles. The molecule has 0 bridgehead atoms. The number of rotatable bonds is 1. The molecule has 6 heteroatoms. The molecule has 1 aromatic heterocycles. The Balaban J connectivity index is 2.94. The van der Waals surface area contributed by atoms with E-state index in [1.54, 1.807) is 19.1 Å². The van der Waals surface area contributed by atoms with Crippen molar-refractivity contribution in [3.63, 3.8) is 0 Å². The van der Waals surface area contributed by atoms with Gasteiger partial charge in [0.25, 0.3) is 0 Å². The van der Waals surface area contributed by atoms with Crippen molar-refractivity contribution in [1.29, 1.82) is 0 Å². The summed E-state index contributed by atoms with van der Waals surface area (Å²) in [5, 5.41) is 11.7. The van der Waals surface area contributed by atoms with E-state index in [0.29, 0.717) is 15.9 Å². The van der Waals surface area contributed by atoms with Crippen molar-refractivity contribution in [3.05, 3.63) is 44.1 Å². The molecule has 0 aliphatic heterocycles. The highest BCUT2D eigenvalue weighted by atomic mass is 35.5. The lowest BCUT2D eigenvalue weighted by Crippen LogP contribution is -1.93. The number of aryl methyl sites for hydroxylation is 1. The molecule has 0 radical (unpaired) electrons. The van der Waals surface area contributed by atoms with Crippen LogP contribution >= 0.6 is 23.2 Å². The predicted molar refractivity (Wildman–Crippen MR) is 63.2 cm³/mol. The smallest absolute Gasteiger partial charge is 0.258 e. The second kappa shape index (κ2) is 3.88. The third-order valence-electron chi connectivity index (χ3n) is 2.29. The maximum Gasteiger partial charge on any atom is 0.306 e. The van der Waals surface area contributed by atoms with Gasteiger partial charge in [-0.05, 0) is 18.6 Å². The fourth-order valence-corrected chi connectivity index (χ4v) is 2.07. The Labute approximate surface area is 101 Å². The summed E-state index contributed by atoms with van der Waals surface area (Å²) in [6.45, 7) is 1.80. The van der Waals surface area contributed by atoms with Crippen molar-refractivity contribution >= 4 is 39.8 Å². The minimum atomic E-state index is -0.560. The summed E-state index contributed by atoms with van der Waals surface area (Å²) in [7, 11) is 0. The minimum Gasteiger partial charge on any atom is -0.258 e. The van der Waals surface area contributed by atoms with E-state index in [2.05, 4.69) is 4.98 Å². The predicted octanol–water partition coefficient (Wildman–Crippen LogP) is 3.76. The standard InChI is InChI=1S/C10H6Cl2N2O2/c1-5-2-3-6(11)10-8(5)9(12)7(4-13-10)14(15)16/h2-4H,1H3. The zero-order valence-corrected chi connectivity index (χ0v) is 9.71. The number of pyridine rings is 1. The first-order valence-corrected chi connectivity index (χ1v) is 5.15. The zero-order valence-electron chi connectivity index (χ0n) is 8.20. The molecule has 0 unspecified atom stereocenters. The van der Waals surface area contributed by atoms with Gasteiger partial charge in [-0.25, -0.2) is 4.98 Å². The highest BCUT2D eigenvalue weighted by molar-refractivity contribution is 6.40. The molecular weight excluding hydrogens is 251 g/mol. The van der Waals surface area contributed by atoms with Gasteiger partial charge in [0.05, 0.1) is 15.5 Å². The molecule has 0 saturated heterocycles. The van der Waals surface area contributed by atoms with Gasteiger partial charge in [0.2, 0.25) is 0 Å². The summed E-state index contributed by atoms with van der Waals surface area (Å²) in [5.74, 6) is 0. The fourth-order valence-electron chi connectivity index (χ4n) is 1.51. The van der Waals surface area contributed by atoms with Gasteiger partial charge >= 0.3 is 5.69 Å². The largest absolute Gasteiger partial charge is 0.306 e. The Bertz CT molecular complexity index is 599. The molecule has 82 valence electrons. The second-order valence-electron chi connectivity index (χ2n) is 3.30. The van der Waals surface area contributed by atoms with Crippen molar-refractivity contribution in [1.82, 2.24) is 4.98 Å². The van der Waals surface area contributed by atoms with E-state index in [1.807, 2.05) is 0 Å². The SMILES string of the molecule is Cc1ccc(Cl)c2ncc([N+](=O)[O-])c(Cl)c12. The Hall–Kier alpha value is -1.39. The highest BCUT2D eigenvalue weighted by Gasteiger charge is 2.18. The van der Waals surface area contributed by atoms with Crippen LogP contribution in [0.15, 0.2) is 18.3 Å². The number of halogens is 2. The zero-order chi connectivity index (χ0) is 11.9. The average Bonchev–Trinajstić information content (AvgIpc) is 2.23. The number of hydrogen-bond acceptors (Lipinski definition) is 3. The van der Waals surface area contributed by atoms with E-state index < -0.39 is 4.92 Å². The van der Waals surface area contributed by atoms with Crippen LogP contribution in [0.1, 0.15) is 5.56 Å². The van der Waals surface area contributed by atoms with Gasteiger partial charge in [-0.15, -0.1) is 0 Å². The Morgan fingerprint density at radius 2 is 2.06 bits per heavy atom. The van der Waals surface area contributed by atoms with E-state index in [4.69, 9.17) is 23.2 Å². The molecule has 0 amide bonds. The van der Waals surface area contributed by atoms with Gasteiger partial charge in [0.1, 0.15) is 11.2 Å². The minimum absolute atomic E-state index is 0.0787. The fraction of sp³-hybridized carbons (Fsp3) is 0.100. The summed E-state index contributed by atoms with van der Waals surface area (Å²) in [4.78, 5) is 14.1. The Morgan fingerprint density at radius 1 is 1.38 bits per heavy atom. The molecule has 0 N–H and O–H groups in total. The van der Waals surface area contributed by atoms with Crippen molar-refractivity contribution in [2.75, 3.05) is 0 Å². The molecule has 16 heavy (non-hydrogen) atoms. The lowest BCUT2D eigenvalue weighted by Gasteiger charge is -2.05. The van der Waals surface area contributed by atoms with Crippen molar-refractivity contribution in [2.24, 2.45) is 0 Å². The Morgan fingerprint density at radius 3 is 2.69 bits per heavy atom. The van der Waals surface area contributed by atoms with E-state index in [9.17, 15) is 10.1 Å². The number of benzene rings is 1. The van der Waals surface area contributed by atoms with Crippen molar-refractivity contribution in [2.45, 2.75) is 6.92 Å². The van der Waals surface area contributed by atoms with Crippen LogP contribution in [0.25, 0.3) is 10.9 Å². The third-order valence-corrected chi connectivity index (χ3v) is 2.98. The van der Waals surface area contributed by atoms with Crippen LogP contribution < -0.4 is 0 Å². The van der Waals surface area contributed by atoms with Gasteiger partial charge in [-0.2, -0.15) is 0 Å². The van der Waals surface area contributed by atoms with Gasteiger partial charge in [-0.3, -0.25) is 10.1 Å². The second-order valence-corrected chi connectivity index (χ2v) is 4.09. The van der Waals surface area contributed by atoms with E-state index in [0.717, 1.165) is 11.8 Å². The highest BCUT2D eigenvalue weighted by Crippen LogP contribution is 2.35. The summed E-state index contributed by atoms with van der Waals surface area (Å²) >= 11 is 11.9. The molecule has 0 saturated carbocycles. The summed E-state index contributed by atoms with van der Waals surface area (Å²) < 4.78 is 0. The van der Waals surface area contributed by atoms with Gasteiger partial charge in [0, 0.05) is 5.39 Å². The van der Waals surface area contributed by atoms with Crippen molar-refractivity contribution < 1.29 is 4.92 Å². The molecule has 0 aliphatic carbocycles. The van der Waals surface area contributed by atoms with E-state index >= 15 is 0 Å². The van der Waals surface area contributed by atoms with Crippen LogP contribution in [0.5, 0.6) is 0 Å². The third kappa shape index (κ3) is 1.60. The van der Waals surface area contributed by atoms with Crippen molar-refractivity contribution in [3.8, 4) is 0 Å². The summed E-state index contributed by atoms with van der Waals surface area (Å²) in [6, 6.07) is 3.44.